The van der Waals surface area contributed by atoms with Crippen LogP contribution in [0.3, 0.4) is 0 Å². The number of ether oxygens (including phenoxy) is 1. The summed E-state index contributed by atoms with van der Waals surface area (Å²) in [5, 5.41) is 15.3. The zero-order valence-electron chi connectivity index (χ0n) is 20.0. The number of hydrogen-bond acceptors (Lipinski definition) is 4. The molecule has 2 amide bonds. The summed E-state index contributed by atoms with van der Waals surface area (Å²) in [6.45, 7) is 2.26. The average Bonchev–Trinajstić information content (AvgIpc) is 3.46. The molecule has 7 heteroatoms. The van der Waals surface area contributed by atoms with E-state index in [1.165, 1.54) is 11.1 Å². The zero-order chi connectivity index (χ0) is 24.6. The molecular formula is C28H32N2O5. The van der Waals surface area contributed by atoms with Gasteiger partial charge in [-0.1, -0.05) is 61.9 Å². The molecule has 184 valence electrons. The highest BCUT2D eigenvalue weighted by Crippen LogP contribution is 2.73. The Morgan fingerprint density at radius 3 is 2.20 bits per heavy atom. The number of hydrogen-bond donors (Lipinski definition) is 3. The van der Waals surface area contributed by atoms with Crippen molar-refractivity contribution in [3.63, 3.8) is 0 Å². The lowest BCUT2D eigenvalue weighted by atomic mass is 9.75. The fraction of sp³-hybridized carbons (Fsp3) is 0.464. The van der Waals surface area contributed by atoms with Crippen molar-refractivity contribution in [1.82, 2.24) is 10.6 Å². The summed E-state index contributed by atoms with van der Waals surface area (Å²) in [7, 11) is 0. The van der Waals surface area contributed by atoms with Crippen LogP contribution >= 0.6 is 0 Å². The van der Waals surface area contributed by atoms with E-state index < -0.39 is 17.5 Å². The average molecular weight is 477 g/mol. The van der Waals surface area contributed by atoms with E-state index in [4.69, 9.17) is 4.74 Å². The van der Waals surface area contributed by atoms with Gasteiger partial charge >= 0.3 is 12.1 Å². The lowest BCUT2D eigenvalue weighted by molar-refractivity contribution is -0.145. The smallest absolute Gasteiger partial charge is 0.407 e. The Labute approximate surface area is 205 Å². The van der Waals surface area contributed by atoms with E-state index in [9.17, 15) is 19.5 Å². The lowest BCUT2D eigenvalue weighted by Crippen LogP contribution is -2.43. The highest BCUT2D eigenvalue weighted by Gasteiger charge is 2.73. The molecule has 2 atom stereocenters. The molecule has 3 aliphatic carbocycles. The number of carboxylic acid groups (broad SMARTS) is 1. The normalized spacial score (nSPS) is 21.9. The molecule has 3 aliphatic rings. The van der Waals surface area contributed by atoms with Gasteiger partial charge in [0, 0.05) is 24.9 Å². The number of nitrogens with one attached hydrogen (secondary N) is 2. The van der Waals surface area contributed by atoms with Crippen molar-refractivity contribution >= 4 is 18.0 Å². The van der Waals surface area contributed by atoms with E-state index in [0.29, 0.717) is 12.8 Å². The standard InChI is InChI=1S/C28H32N2O5/c1-2-18(14-24(31)29-17-28(25(32)33)16-27(28)12-7-13-27)30-26(34)35-15-23-21-10-5-3-8-19(21)20-9-4-6-11-22(20)23/h3-6,8-11,18,23H,2,7,12-17H2,1H3,(H,29,31)(H,30,34)(H,32,33). The number of carbonyl (C=O) groups excluding carboxylic acids is 2. The fourth-order valence-corrected chi connectivity index (χ4v) is 6.07. The van der Waals surface area contributed by atoms with Crippen LogP contribution in [0.1, 0.15) is 62.5 Å². The molecule has 0 heterocycles. The molecule has 2 unspecified atom stereocenters. The second kappa shape index (κ2) is 9.02. The molecular weight excluding hydrogens is 444 g/mol. The molecule has 2 aromatic rings. The van der Waals surface area contributed by atoms with Crippen molar-refractivity contribution in [2.75, 3.05) is 13.2 Å². The molecule has 2 fully saturated rings. The van der Waals surface area contributed by atoms with Crippen LogP contribution in [0.5, 0.6) is 0 Å². The van der Waals surface area contributed by atoms with Gasteiger partial charge in [0.2, 0.25) is 5.91 Å². The molecule has 0 aliphatic heterocycles. The molecule has 7 nitrogen and oxygen atoms in total. The Morgan fingerprint density at radius 2 is 1.69 bits per heavy atom. The first-order valence-corrected chi connectivity index (χ1v) is 12.5. The first-order valence-electron chi connectivity index (χ1n) is 12.5. The van der Waals surface area contributed by atoms with Gasteiger partial charge in [0.1, 0.15) is 6.61 Å². The highest BCUT2D eigenvalue weighted by molar-refractivity contribution is 5.83. The van der Waals surface area contributed by atoms with Gasteiger partial charge in [-0.25, -0.2) is 4.79 Å². The largest absolute Gasteiger partial charge is 0.481 e. The summed E-state index contributed by atoms with van der Waals surface area (Å²) in [6.07, 6.45) is 3.65. The SMILES string of the molecule is CCC(CC(=O)NCC1(C(=O)O)CC12CCC2)NC(=O)OCC1c2ccccc2-c2ccccc21. The van der Waals surface area contributed by atoms with Gasteiger partial charge in [-0.2, -0.15) is 0 Å². The molecule has 5 rings (SSSR count). The number of alkyl carbamates (subject to hydrolysis) is 1. The Kier molecular flexibility index (Phi) is 6.03. The van der Waals surface area contributed by atoms with Gasteiger partial charge in [-0.05, 0) is 53.4 Å². The van der Waals surface area contributed by atoms with Gasteiger partial charge in [0.05, 0.1) is 5.41 Å². The molecule has 0 bridgehead atoms. The topological polar surface area (TPSA) is 105 Å². The monoisotopic (exact) mass is 476 g/mol. The van der Waals surface area contributed by atoms with Crippen LogP contribution < -0.4 is 10.6 Å². The summed E-state index contributed by atoms with van der Waals surface area (Å²) >= 11 is 0. The maximum atomic E-state index is 12.6. The number of benzene rings is 2. The number of aliphatic carboxylic acids is 1. The summed E-state index contributed by atoms with van der Waals surface area (Å²) < 4.78 is 5.60. The van der Waals surface area contributed by atoms with E-state index in [2.05, 4.69) is 34.9 Å². The predicted octanol–water partition coefficient (Wildman–Crippen LogP) is 4.46. The third-order valence-corrected chi connectivity index (χ3v) is 8.43. The second-order valence-corrected chi connectivity index (χ2v) is 10.3. The first kappa shape index (κ1) is 23.4. The van der Waals surface area contributed by atoms with Crippen LogP contribution in [0.2, 0.25) is 0 Å². The van der Waals surface area contributed by atoms with Gasteiger partial charge in [0.15, 0.2) is 0 Å². The molecule has 3 N–H and O–H groups in total. The predicted molar refractivity (Wildman–Crippen MR) is 131 cm³/mol. The van der Waals surface area contributed by atoms with Crippen molar-refractivity contribution in [3.05, 3.63) is 59.7 Å². The van der Waals surface area contributed by atoms with Gasteiger partial charge in [0.25, 0.3) is 0 Å². The van der Waals surface area contributed by atoms with Crippen molar-refractivity contribution in [3.8, 4) is 11.1 Å². The molecule has 0 radical (unpaired) electrons. The molecule has 1 spiro atoms. The minimum Gasteiger partial charge on any atom is -0.481 e. The fourth-order valence-electron chi connectivity index (χ4n) is 6.07. The molecule has 2 saturated carbocycles. The van der Waals surface area contributed by atoms with E-state index in [-0.39, 0.29) is 42.9 Å². The molecule has 0 saturated heterocycles. The summed E-state index contributed by atoms with van der Waals surface area (Å²) in [5.41, 5.74) is 3.69. The highest BCUT2D eigenvalue weighted by atomic mass is 16.5. The second-order valence-electron chi connectivity index (χ2n) is 10.3. The number of carbonyl (C=O) groups is 3. The van der Waals surface area contributed by atoms with Crippen LogP contribution in [0, 0.1) is 10.8 Å². The Morgan fingerprint density at radius 1 is 1.06 bits per heavy atom. The molecule has 0 aromatic heterocycles. The third-order valence-electron chi connectivity index (χ3n) is 8.43. The van der Waals surface area contributed by atoms with Gasteiger partial charge in [-0.3, -0.25) is 9.59 Å². The summed E-state index contributed by atoms with van der Waals surface area (Å²) in [4.78, 5) is 37.0. The van der Waals surface area contributed by atoms with Crippen LogP contribution in [0.15, 0.2) is 48.5 Å². The van der Waals surface area contributed by atoms with Crippen LogP contribution in [-0.2, 0) is 14.3 Å². The molecule has 2 aromatic carbocycles. The Hall–Kier alpha value is -3.35. The lowest BCUT2D eigenvalue weighted by Gasteiger charge is -2.31. The van der Waals surface area contributed by atoms with Gasteiger partial charge in [-0.15, -0.1) is 0 Å². The number of amides is 2. The van der Waals surface area contributed by atoms with Crippen molar-refractivity contribution in [2.24, 2.45) is 10.8 Å². The number of rotatable bonds is 9. The first-order chi connectivity index (χ1) is 16.9. The van der Waals surface area contributed by atoms with Crippen LogP contribution in [0.4, 0.5) is 4.79 Å². The van der Waals surface area contributed by atoms with Crippen LogP contribution in [0.25, 0.3) is 11.1 Å². The minimum absolute atomic E-state index is 0.0268. The molecule has 35 heavy (non-hydrogen) atoms. The van der Waals surface area contributed by atoms with Crippen molar-refractivity contribution in [1.29, 1.82) is 0 Å². The number of carboxylic acids is 1. The Balaban J connectivity index is 1.13. The van der Waals surface area contributed by atoms with Crippen molar-refractivity contribution < 1.29 is 24.2 Å². The van der Waals surface area contributed by atoms with E-state index >= 15 is 0 Å². The van der Waals surface area contributed by atoms with Gasteiger partial charge < -0.3 is 20.5 Å². The summed E-state index contributed by atoms with van der Waals surface area (Å²) in [6, 6.07) is 15.9. The minimum atomic E-state index is -0.818. The summed E-state index contributed by atoms with van der Waals surface area (Å²) in [5.74, 6) is -1.10. The maximum Gasteiger partial charge on any atom is 0.407 e. The maximum absolute atomic E-state index is 12.6. The van der Waals surface area contributed by atoms with E-state index in [1.54, 1.807) is 0 Å². The third kappa shape index (κ3) is 4.07. The quantitative estimate of drug-likeness (QED) is 0.496. The number of fused-ring (bicyclic) bond motifs is 3. The Bertz CT molecular complexity index is 1110. The van der Waals surface area contributed by atoms with Crippen molar-refractivity contribution in [2.45, 2.75) is 57.4 Å². The van der Waals surface area contributed by atoms with Crippen LogP contribution in [-0.4, -0.2) is 42.3 Å². The zero-order valence-corrected chi connectivity index (χ0v) is 20.0. The van der Waals surface area contributed by atoms with E-state index in [1.807, 2.05) is 31.2 Å². The van der Waals surface area contributed by atoms with E-state index in [0.717, 1.165) is 30.4 Å².